The molecule has 0 atom stereocenters. The Morgan fingerprint density at radius 1 is 1.21 bits per heavy atom. The number of hydrogen-bond acceptors (Lipinski definition) is 5. The number of nitro groups is 1. The van der Waals surface area contributed by atoms with E-state index in [9.17, 15) is 14.9 Å². The summed E-state index contributed by atoms with van der Waals surface area (Å²) in [5.74, 6) is 0.422. The molecule has 0 spiro atoms. The zero-order chi connectivity index (χ0) is 20.3. The maximum atomic E-state index is 12.5. The fourth-order valence-electron chi connectivity index (χ4n) is 2.50. The number of hydrogen-bond donors (Lipinski definition) is 1. The van der Waals surface area contributed by atoms with Gasteiger partial charge in [-0.2, -0.15) is 0 Å². The molecule has 144 valence electrons. The molecule has 0 fully saturated rings. The third-order valence-corrected chi connectivity index (χ3v) is 5.33. The minimum Gasteiger partial charge on any atom is -0.489 e. The topological polar surface area (TPSA) is 81.5 Å². The number of thiophene rings is 1. The molecule has 6 nitrogen and oxygen atoms in total. The molecule has 3 rings (SSSR count). The minimum atomic E-state index is -0.542. The molecule has 1 amide bonds. The highest BCUT2D eigenvalue weighted by atomic mass is 35.5. The molecule has 0 radical (unpaired) electrons. The molecule has 1 heterocycles. The van der Waals surface area contributed by atoms with Gasteiger partial charge in [0.2, 0.25) is 0 Å². The van der Waals surface area contributed by atoms with E-state index in [1.54, 1.807) is 6.07 Å². The maximum Gasteiger partial charge on any atom is 0.271 e. The second-order valence-corrected chi connectivity index (χ2v) is 7.57. The third kappa shape index (κ3) is 4.68. The first kappa shape index (κ1) is 19.9. The molecule has 2 aromatic carbocycles. The first-order valence-electron chi connectivity index (χ1n) is 8.36. The molecular weight excluding hydrogens is 400 g/mol. The van der Waals surface area contributed by atoms with Gasteiger partial charge >= 0.3 is 0 Å². The van der Waals surface area contributed by atoms with Crippen LogP contribution in [0.3, 0.4) is 0 Å². The number of halogens is 1. The van der Waals surface area contributed by atoms with Crippen molar-refractivity contribution in [2.45, 2.75) is 20.5 Å². The Hall–Kier alpha value is -2.90. The number of carbonyl (C=O) groups is 1. The predicted molar refractivity (Wildman–Crippen MR) is 111 cm³/mol. The number of amides is 1. The van der Waals surface area contributed by atoms with Gasteiger partial charge < -0.3 is 10.1 Å². The van der Waals surface area contributed by atoms with Crippen molar-refractivity contribution in [3.05, 3.63) is 84.5 Å². The summed E-state index contributed by atoms with van der Waals surface area (Å²) < 4.78 is 5.86. The molecule has 0 saturated heterocycles. The fourth-order valence-corrected chi connectivity index (χ4v) is 3.46. The van der Waals surface area contributed by atoms with E-state index in [0.29, 0.717) is 11.5 Å². The summed E-state index contributed by atoms with van der Waals surface area (Å²) in [6.45, 7) is 4.31. The monoisotopic (exact) mass is 416 g/mol. The summed E-state index contributed by atoms with van der Waals surface area (Å²) >= 11 is 7.30. The minimum absolute atomic E-state index is 0.145. The van der Waals surface area contributed by atoms with Crippen LogP contribution in [0.4, 0.5) is 11.4 Å². The lowest BCUT2D eigenvalue weighted by Gasteiger charge is -2.09. The van der Waals surface area contributed by atoms with E-state index in [2.05, 4.69) is 5.32 Å². The third-order valence-electron chi connectivity index (χ3n) is 4.02. The Morgan fingerprint density at radius 3 is 2.75 bits per heavy atom. The Bertz CT molecular complexity index is 1050. The first-order chi connectivity index (χ1) is 13.3. The van der Waals surface area contributed by atoms with Gasteiger partial charge in [0, 0.05) is 17.7 Å². The average molecular weight is 417 g/mol. The van der Waals surface area contributed by atoms with Crippen molar-refractivity contribution < 1.29 is 14.5 Å². The van der Waals surface area contributed by atoms with Gasteiger partial charge in [-0.15, -0.1) is 11.3 Å². The number of aryl methyl sites for hydroxylation is 2. The van der Waals surface area contributed by atoms with Crippen LogP contribution >= 0.6 is 22.9 Å². The number of benzene rings is 2. The van der Waals surface area contributed by atoms with Crippen LogP contribution in [0.5, 0.6) is 5.75 Å². The normalized spacial score (nSPS) is 10.5. The lowest BCUT2D eigenvalue weighted by Crippen LogP contribution is -2.10. The molecular formula is C20H17ClN2O4S. The summed E-state index contributed by atoms with van der Waals surface area (Å²) in [6.07, 6.45) is 0. The molecule has 0 bridgehead atoms. The molecule has 28 heavy (non-hydrogen) atoms. The van der Waals surface area contributed by atoms with E-state index in [1.807, 2.05) is 37.4 Å². The Labute approximate surface area is 170 Å². The van der Waals surface area contributed by atoms with Crippen molar-refractivity contribution in [2.75, 3.05) is 5.32 Å². The van der Waals surface area contributed by atoms with Crippen molar-refractivity contribution in [3.8, 4) is 5.75 Å². The van der Waals surface area contributed by atoms with Gasteiger partial charge in [0.25, 0.3) is 11.6 Å². The van der Waals surface area contributed by atoms with E-state index in [0.717, 1.165) is 22.4 Å². The van der Waals surface area contributed by atoms with Gasteiger partial charge in [-0.05, 0) is 48.6 Å². The van der Waals surface area contributed by atoms with Gasteiger partial charge in [-0.1, -0.05) is 23.7 Å². The van der Waals surface area contributed by atoms with Crippen LogP contribution in [0.25, 0.3) is 0 Å². The number of nitrogens with zero attached hydrogens (tertiary/aromatic N) is 1. The summed E-state index contributed by atoms with van der Waals surface area (Å²) in [4.78, 5) is 23.3. The quantitative estimate of drug-likeness (QED) is 0.409. The van der Waals surface area contributed by atoms with Crippen molar-refractivity contribution >= 4 is 40.2 Å². The molecule has 0 aliphatic heterocycles. The number of carbonyl (C=O) groups excluding carboxylic acids is 1. The first-order valence-corrected chi connectivity index (χ1v) is 9.62. The number of anilines is 1. The van der Waals surface area contributed by atoms with Crippen LogP contribution in [-0.4, -0.2) is 10.8 Å². The Morgan fingerprint density at radius 2 is 2.00 bits per heavy atom. The fraction of sp³-hybridized carbons (Fsp3) is 0.150. The van der Waals surface area contributed by atoms with Crippen molar-refractivity contribution in [1.29, 1.82) is 0 Å². The highest BCUT2D eigenvalue weighted by Crippen LogP contribution is 2.28. The SMILES string of the molecule is Cc1ccc(C)c(OCc2csc(C(=O)Nc3cc([N+](=O)[O-])ccc3Cl)c2)c1. The second-order valence-electron chi connectivity index (χ2n) is 6.25. The number of non-ortho nitro benzene ring substituents is 1. The van der Waals surface area contributed by atoms with E-state index in [4.69, 9.17) is 16.3 Å². The van der Waals surface area contributed by atoms with Crippen LogP contribution in [0, 0.1) is 24.0 Å². The van der Waals surface area contributed by atoms with E-state index < -0.39 is 4.92 Å². The van der Waals surface area contributed by atoms with Crippen LogP contribution in [0.15, 0.2) is 47.8 Å². The molecule has 1 N–H and O–H groups in total. The van der Waals surface area contributed by atoms with Gasteiger partial charge in [-0.3, -0.25) is 14.9 Å². The zero-order valence-electron chi connectivity index (χ0n) is 15.2. The number of nitrogens with one attached hydrogen (secondary N) is 1. The van der Waals surface area contributed by atoms with E-state index in [1.165, 1.54) is 29.5 Å². The summed E-state index contributed by atoms with van der Waals surface area (Å²) in [6, 6.07) is 11.6. The molecule has 0 aliphatic rings. The van der Waals surface area contributed by atoms with Crippen LogP contribution in [0.1, 0.15) is 26.4 Å². The van der Waals surface area contributed by atoms with Crippen LogP contribution < -0.4 is 10.1 Å². The number of rotatable bonds is 6. The lowest BCUT2D eigenvalue weighted by atomic mass is 10.1. The van der Waals surface area contributed by atoms with E-state index in [-0.39, 0.29) is 22.3 Å². The molecule has 3 aromatic rings. The highest BCUT2D eigenvalue weighted by molar-refractivity contribution is 7.12. The number of ether oxygens (including phenoxy) is 1. The summed E-state index contributed by atoms with van der Waals surface area (Å²) in [5.41, 5.74) is 3.07. The Kier molecular flexibility index (Phi) is 5.96. The summed E-state index contributed by atoms with van der Waals surface area (Å²) in [5, 5.41) is 15.6. The average Bonchev–Trinajstić information content (AvgIpc) is 3.13. The second kappa shape index (κ2) is 8.41. The summed E-state index contributed by atoms with van der Waals surface area (Å²) in [7, 11) is 0. The molecule has 0 unspecified atom stereocenters. The van der Waals surface area contributed by atoms with E-state index >= 15 is 0 Å². The maximum absolute atomic E-state index is 12.5. The van der Waals surface area contributed by atoms with Gasteiger partial charge in [-0.25, -0.2) is 0 Å². The zero-order valence-corrected chi connectivity index (χ0v) is 16.8. The molecule has 8 heteroatoms. The molecule has 0 aliphatic carbocycles. The van der Waals surface area contributed by atoms with Crippen LogP contribution in [-0.2, 0) is 6.61 Å². The van der Waals surface area contributed by atoms with Crippen LogP contribution in [0.2, 0.25) is 5.02 Å². The van der Waals surface area contributed by atoms with Crippen molar-refractivity contribution in [2.24, 2.45) is 0 Å². The largest absolute Gasteiger partial charge is 0.489 e. The smallest absolute Gasteiger partial charge is 0.271 e. The van der Waals surface area contributed by atoms with Gasteiger partial charge in [0.15, 0.2) is 0 Å². The standard InChI is InChI=1S/C20H17ClN2O4S/c1-12-3-4-13(2)18(7-12)27-10-14-8-19(28-11-14)20(24)22-17-9-15(23(25)26)5-6-16(17)21/h3-9,11H,10H2,1-2H3,(H,22,24). The van der Waals surface area contributed by atoms with Crippen molar-refractivity contribution in [3.63, 3.8) is 0 Å². The Balaban J connectivity index is 1.68. The van der Waals surface area contributed by atoms with Crippen molar-refractivity contribution in [1.82, 2.24) is 0 Å². The highest BCUT2D eigenvalue weighted by Gasteiger charge is 2.15. The number of nitro benzene ring substituents is 1. The molecule has 0 saturated carbocycles. The molecule has 1 aromatic heterocycles. The lowest BCUT2D eigenvalue weighted by molar-refractivity contribution is -0.384. The predicted octanol–water partition coefficient (Wildman–Crippen LogP) is 5.76. The van der Waals surface area contributed by atoms with Gasteiger partial charge in [0.05, 0.1) is 20.5 Å². The van der Waals surface area contributed by atoms with Gasteiger partial charge in [0.1, 0.15) is 12.4 Å².